The summed E-state index contributed by atoms with van der Waals surface area (Å²) in [5.74, 6) is 0.225. The molecule has 104 valence electrons. The Morgan fingerprint density at radius 2 is 2.19 bits per heavy atom. The minimum atomic E-state index is -0.317. The lowest BCUT2D eigenvalue weighted by Crippen LogP contribution is -1.95. The predicted molar refractivity (Wildman–Crippen MR) is 80.0 cm³/mol. The molecule has 0 spiro atoms. The van der Waals surface area contributed by atoms with Crippen LogP contribution in [0.5, 0.6) is 0 Å². The van der Waals surface area contributed by atoms with E-state index < -0.39 is 0 Å². The zero-order valence-electron chi connectivity index (χ0n) is 10.8. The van der Waals surface area contributed by atoms with Gasteiger partial charge in [-0.15, -0.1) is 0 Å². The van der Waals surface area contributed by atoms with E-state index in [1.165, 1.54) is 23.0 Å². The second kappa shape index (κ2) is 5.76. The molecule has 2 aromatic heterocycles. The molecule has 0 unspecified atom stereocenters. The van der Waals surface area contributed by atoms with Gasteiger partial charge in [0.15, 0.2) is 5.82 Å². The maximum absolute atomic E-state index is 13.1. The molecule has 21 heavy (non-hydrogen) atoms. The van der Waals surface area contributed by atoms with Crippen LogP contribution < -0.4 is 0 Å². The topological polar surface area (TPSA) is 58.9 Å². The first-order chi connectivity index (χ1) is 10.2. The Morgan fingerprint density at radius 3 is 2.95 bits per heavy atom. The van der Waals surface area contributed by atoms with Gasteiger partial charge in [0.1, 0.15) is 5.82 Å². The van der Waals surface area contributed by atoms with Crippen LogP contribution in [0.2, 0.25) is 0 Å². The summed E-state index contributed by atoms with van der Waals surface area (Å²) < 4.78 is 15.0. The van der Waals surface area contributed by atoms with Crippen molar-refractivity contribution in [3.63, 3.8) is 0 Å². The van der Waals surface area contributed by atoms with E-state index in [9.17, 15) is 4.39 Å². The first-order valence-corrected chi connectivity index (χ1v) is 6.52. The van der Waals surface area contributed by atoms with Crippen molar-refractivity contribution in [1.29, 1.82) is 0 Å². The van der Waals surface area contributed by atoms with Crippen LogP contribution in [0.1, 0.15) is 5.56 Å². The van der Waals surface area contributed by atoms with Gasteiger partial charge < -0.3 is 0 Å². The first-order valence-electron chi connectivity index (χ1n) is 6.12. The second-order valence-electron chi connectivity index (χ2n) is 4.21. The molecule has 2 heterocycles. The number of hydrogen-bond donors (Lipinski definition) is 1. The molecule has 0 aliphatic heterocycles. The fourth-order valence-electron chi connectivity index (χ4n) is 1.79. The van der Waals surface area contributed by atoms with Crippen molar-refractivity contribution < 1.29 is 4.39 Å². The molecule has 0 aliphatic carbocycles. The minimum absolute atomic E-state index is 0.317. The summed E-state index contributed by atoms with van der Waals surface area (Å²) in [6.07, 6.45) is 4.86. The highest BCUT2D eigenvalue weighted by molar-refractivity contribution is 7.71. The van der Waals surface area contributed by atoms with Crippen LogP contribution >= 0.6 is 12.2 Å². The smallest absolute Gasteiger partial charge is 0.216 e. The van der Waals surface area contributed by atoms with Gasteiger partial charge in [0, 0.05) is 18.0 Å². The van der Waals surface area contributed by atoms with Crippen molar-refractivity contribution in [3.05, 3.63) is 64.9 Å². The number of aromatic nitrogens is 4. The van der Waals surface area contributed by atoms with Gasteiger partial charge in [0.05, 0.1) is 6.21 Å². The zero-order valence-corrected chi connectivity index (χ0v) is 11.6. The number of nitrogens with zero attached hydrogens (tertiary/aromatic N) is 4. The molecule has 0 saturated carbocycles. The van der Waals surface area contributed by atoms with Gasteiger partial charge in [0.25, 0.3) is 0 Å². The number of rotatable bonds is 3. The largest absolute Gasteiger partial charge is 0.264 e. The maximum atomic E-state index is 13.1. The fraction of sp³-hybridized carbons (Fsp3) is 0. The van der Waals surface area contributed by atoms with Gasteiger partial charge in [-0.3, -0.25) is 4.98 Å². The Balaban J connectivity index is 2.00. The summed E-state index contributed by atoms with van der Waals surface area (Å²) in [7, 11) is 0. The number of hydrogen-bond acceptors (Lipinski definition) is 4. The van der Waals surface area contributed by atoms with Crippen LogP contribution in [0.25, 0.3) is 11.4 Å². The van der Waals surface area contributed by atoms with Gasteiger partial charge in [-0.2, -0.15) is 14.9 Å². The van der Waals surface area contributed by atoms with Gasteiger partial charge in [-0.05, 0) is 42.0 Å². The van der Waals surface area contributed by atoms with Gasteiger partial charge in [-0.1, -0.05) is 12.1 Å². The van der Waals surface area contributed by atoms with Crippen LogP contribution in [0.15, 0.2) is 53.9 Å². The molecule has 3 aromatic rings. The van der Waals surface area contributed by atoms with Crippen molar-refractivity contribution >= 4 is 18.4 Å². The van der Waals surface area contributed by atoms with E-state index in [1.54, 1.807) is 30.6 Å². The molecule has 1 aromatic carbocycles. The molecule has 0 radical (unpaired) electrons. The molecule has 0 fully saturated rings. The third-order valence-corrected chi connectivity index (χ3v) is 3.01. The lowest BCUT2D eigenvalue weighted by Gasteiger charge is -2.00. The quantitative estimate of drug-likeness (QED) is 0.597. The van der Waals surface area contributed by atoms with Crippen LogP contribution in [0.3, 0.4) is 0 Å². The molecular formula is C14H10FN5S. The predicted octanol–water partition coefficient (Wildman–Crippen LogP) is 3.02. The van der Waals surface area contributed by atoms with E-state index in [2.05, 4.69) is 20.3 Å². The molecular weight excluding hydrogens is 289 g/mol. The Bertz CT molecular complexity index is 838. The van der Waals surface area contributed by atoms with Crippen molar-refractivity contribution in [2.24, 2.45) is 5.10 Å². The number of aromatic amines is 1. The molecule has 0 saturated heterocycles. The summed E-state index contributed by atoms with van der Waals surface area (Å²) in [5.41, 5.74) is 1.41. The SMILES string of the molecule is Fc1cccc(/C=N\n2c(-c3cccnc3)n[nH]c2=S)c1. The zero-order chi connectivity index (χ0) is 14.7. The van der Waals surface area contributed by atoms with Crippen molar-refractivity contribution in [2.45, 2.75) is 0 Å². The summed E-state index contributed by atoms with van der Waals surface area (Å²) in [5, 5.41) is 11.1. The normalized spacial score (nSPS) is 11.1. The molecule has 3 rings (SSSR count). The Kier molecular flexibility index (Phi) is 3.65. The van der Waals surface area contributed by atoms with Crippen molar-refractivity contribution in [1.82, 2.24) is 19.9 Å². The van der Waals surface area contributed by atoms with Gasteiger partial charge >= 0.3 is 0 Å². The average Bonchev–Trinajstić information content (AvgIpc) is 2.87. The first kappa shape index (κ1) is 13.3. The minimum Gasteiger partial charge on any atom is -0.264 e. The monoisotopic (exact) mass is 299 g/mol. The number of halogens is 1. The third kappa shape index (κ3) is 2.92. The summed E-state index contributed by atoms with van der Waals surface area (Å²) in [6.45, 7) is 0. The highest BCUT2D eigenvalue weighted by Crippen LogP contribution is 2.15. The lowest BCUT2D eigenvalue weighted by molar-refractivity contribution is 0.627. The number of H-pyrrole nitrogens is 1. The molecule has 0 amide bonds. The second-order valence-corrected chi connectivity index (χ2v) is 4.59. The molecule has 0 aliphatic rings. The van der Waals surface area contributed by atoms with Crippen LogP contribution in [-0.4, -0.2) is 26.1 Å². The summed E-state index contributed by atoms with van der Waals surface area (Å²) >= 11 is 5.15. The molecule has 1 N–H and O–H groups in total. The maximum Gasteiger partial charge on any atom is 0.216 e. The molecule has 0 atom stereocenters. The van der Waals surface area contributed by atoms with E-state index >= 15 is 0 Å². The van der Waals surface area contributed by atoms with Crippen LogP contribution in [-0.2, 0) is 0 Å². The summed E-state index contributed by atoms with van der Waals surface area (Å²) in [6, 6.07) is 9.78. The fourth-order valence-corrected chi connectivity index (χ4v) is 1.97. The van der Waals surface area contributed by atoms with E-state index in [4.69, 9.17) is 12.2 Å². The third-order valence-electron chi connectivity index (χ3n) is 2.74. The lowest BCUT2D eigenvalue weighted by atomic mass is 10.2. The number of benzene rings is 1. The number of nitrogens with one attached hydrogen (secondary N) is 1. The molecule has 7 heteroatoms. The Hall–Kier alpha value is -2.67. The van der Waals surface area contributed by atoms with E-state index in [1.807, 2.05) is 6.07 Å². The van der Waals surface area contributed by atoms with E-state index in [0.29, 0.717) is 16.2 Å². The molecule has 0 bridgehead atoms. The average molecular weight is 299 g/mol. The molecule has 5 nitrogen and oxygen atoms in total. The van der Waals surface area contributed by atoms with Gasteiger partial charge in [-0.25, -0.2) is 9.49 Å². The van der Waals surface area contributed by atoms with E-state index in [0.717, 1.165) is 5.56 Å². The van der Waals surface area contributed by atoms with Crippen LogP contribution in [0.4, 0.5) is 4.39 Å². The Morgan fingerprint density at radius 1 is 1.29 bits per heavy atom. The van der Waals surface area contributed by atoms with Crippen molar-refractivity contribution in [3.8, 4) is 11.4 Å². The number of pyridine rings is 1. The summed E-state index contributed by atoms with van der Waals surface area (Å²) in [4.78, 5) is 4.04. The van der Waals surface area contributed by atoms with E-state index in [-0.39, 0.29) is 5.82 Å². The standard InChI is InChI=1S/C14H10FN5S/c15-12-5-1-3-10(7-12)8-17-20-13(18-19-14(20)21)11-4-2-6-16-9-11/h1-9H,(H,19,21)/b17-8-. The van der Waals surface area contributed by atoms with Crippen LogP contribution in [0, 0.1) is 10.6 Å². The highest BCUT2D eigenvalue weighted by Gasteiger charge is 2.07. The Labute approximate surface area is 124 Å². The van der Waals surface area contributed by atoms with Gasteiger partial charge in [0.2, 0.25) is 4.77 Å². The van der Waals surface area contributed by atoms with Crippen molar-refractivity contribution in [2.75, 3.05) is 0 Å². The highest BCUT2D eigenvalue weighted by atomic mass is 32.1.